The molecule has 1 N–H and O–H groups in total. The fourth-order valence-electron chi connectivity index (χ4n) is 4.06. The van der Waals surface area contributed by atoms with E-state index in [1.54, 1.807) is 18.2 Å². The number of ketones is 1. The molecule has 5 heteroatoms. The molecule has 5 rings (SSSR count). The Morgan fingerprint density at radius 3 is 2.42 bits per heavy atom. The summed E-state index contributed by atoms with van der Waals surface area (Å²) >= 11 is 0. The van der Waals surface area contributed by atoms with Crippen molar-refractivity contribution < 1.29 is 19.1 Å². The summed E-state index contributed by atoms with van der Waals surface area (Å²) in [6.45, 7) is 1.93. The van der Waals surface area contributed by atoms with Crippen LogP contribution in [0.5, 0.6) is 0 Å². The van der Waals surface area contributed by atoms with E-state index in [0.717, 1.165) is 16.5 Å². The Morgan fingerprint density at radius 1 is 0.935 bits per heavy atom. The van der Waals surface area contributed by atoms with Crippen molar-refractivity contribution in [1.29, 1.82) is 0 Å². The van der Waals surface area contributed by atoms with Crippen LogP contribution in [-0.4, -0.2) is 16.8 Å². The summed E-state index contributed by atoms with van der Waals surface area (Å²) in [6, 6.07) is 24.8. The van der Waals surface area contributed by atoms with Crippen molar-refractivity contribution in [3.63, 3.8) is 0 Å². The van der Waals surface area contributed by atoms with Gasteiger partial charge in [0.05, 0.1) is 11.6 Å². The molecule has 4 aromatic rings. The number of rotatable bonds is 4. The van der Waals surface area contributed by atoms with E-state index >= 15 is 0 Å². The van der Waals surface area contributed by atoms with E-state index in [9.17, 15) is 14.7 Å². The number of anilines is 1. The zero-order chi connectivity index (χ0) is 21.5. The van der Waals surface area contributed by atoms with Crippen LogP contribution in [0.4, 0.5) is 5.69 Å². The Labute approximate surface area is 178 Å². The standard InChI is InChI=1S/C26H19NO4/c1-16-8-7-12-19(14-16)27-23(17-9-3-2-4-10-17)22(25(29)26(27)30)24(28)21-15-18-11-5-6-13-20(18)31-21/h2-15,23,29H,1H3. The summed E-state index contributed by atoms with van der Waals surface area (Å²) in [5, 5.41) is 11.6. The average Bonchev–Trinajstić information content (AvgIpc) is 3.33. The predicted molar refractivity (Wildman–Crippen MR) is 118 cm³/mol. The molecular weight excluding hydrogens is 390 g/mol. The number of hydrogen-bond acceptors (Lipinski definition) is 4. The highest BCUT2D eigenvalue weighted by Crippen LogP contribution is 2.42. The smallest absolute Gasteiger partial charge is 0.294 e. The third-order valence-corrected chi connectivity index (χ3v) is 5.50. The van der Waals surface area contributed by atoms with Crippen molar-refractivity contribution in [3.05, 3.63) is 113 Å². The van der Waals surface area contributed by atoms with Gasteiger partial charge in [0.1, 0.15) is 5.58 Å². The maximum absolute atomic E-state index is 13.5. The fraction of sp³-hybridized carbons (Fsp3) is 0.0769. The quantitative estimate of drug-likeness (QED) is 0.450. The summed E-state index contributed by atoms with van der Waals surface area (Å²) < 4.78 is 5.75. The van der Waals surface area contributed by atoms with Crippen LogP contribution in [-0.2, 0) is 4.79 Å². The summed E-state index contributed by atoms with van der Waals surface area (Å²) in [5.74, 6) is -1.59. The van der Waals surface area contributed by atoms with Crippen molar-refractivity contribution in [3.8, 4) is 0 Å². The van der Waals surface area contributed by atoms with E-state index in [1.165, 1.54) is 4.90 Å². The minimum absolute atomic E-state index is 0.0109. The number of carbonyl (C=O) groups is 2. The molecule has 1 aliphatic rings. The van der Waals surface area contributed by atoms with Gasteiger partial charge in [0.25, 0.3) is 5.91 Å². The number of para-hydroxylation sites is 1. The molecule has 1 unspecified atom stereocenters. The van der Waals surface area contributed by atoms with Gasteiger partial charge in [0.2, 0.25) is 5.78 Å². The van der Waals surface area contributed by atoms with Crippen LogP contribution in [0.1, 0.15) is 27.7 Å². The Hall–Kier alpha value is -4.12. The highest BCUT2D eigenvalue weighted by molar-refractivity contribution is 6.20. The molecule has 5 nitrogen and oxygen atoms in total. The number of amides is 1. The molecule has 0 aliphatic carbocycles. The second-order valence-corrected chi connectivity index (χ2v) is 7.57. The van der Waals surface area contributed by atoms with E-state index in [0.29, 0.717) is 11.3 Å². The molecule has 1 amide bonds. The van der Waals surface area contributed by atoms with Crippen molar-refractivity contribution in [2.45, 2.75) is 13.0 Å². The number of aliphatic hydroxyl groups excluding tert-OH is 1. The summed E-state index contributed by atoms with van der Waals surface area (Å²) in [5.41, 5.74) is 2.88. The molecule has 152 valence electrons. The molecule has 0 radical (unpaired) electrons. The SMILES string of the molecule is Cc1cccc(N2C(=O)C(O)=C(C(=O)c3cc4ccccc4o3)C2c2ccccc2)c1. The molecule has 1 atom stereocenters. The van der Waals surface area contributed by atoms with Gasteiger partial charge in [-0.3, -0.25) is 14.5 Å². The maximum atomic E-state index is 13.5. The predicted octanol–water partition coefficient (Wildman–Crippen LogP) is 5.52. The first kappa shape index (κ1) is 18.9. The van der Waals surface area contributed by atoms with E-state index < -0.39 is 23.5 Å². The van der Waals surface area contributed by atoms with Gasteiger partial charge < -0.3 is 9.52 Å². The molecule has 0 spiro atoms. The highest BCUT2D eigenvalue weighted by atomic mass is 16.3. The van der Waals surface area contributed by atoms with Crippen molar-refractivity contribution >= 4 is 28.3 Å². The Kier molecular flexibility index (Phi) is 4.44. The molecule has 1 aliphatic heterocycles. The van der Waals surface area contributed by atoms with Gasteiger partial charge >= 0.3 is 0 Å². The topological polar surface area (TPSA) is 70.8 Å². The van der Waals surface area contributed by atoms with E-state index in [1.807, 2.05) is 73.7 Å². The number of carbonyl (C=O) groups excluding carboxylic acids is 2. The Balaban J connectivity index is 1.67. The number of nitrogens with zero attached hydrogens (tertiary/aromatic N) is 1. The number of hydrogen-bond donors (Lipinski definition) is 1. The van der Waals surface area contributed by atoms with Crippen LogP contribution in [0.2, 0.25) is 0 Å². The zero-order valence-corrected chi connectivity index (χ0v) is 16.8. The lowest BCUT2D eigenvalue weighted by Crippen LogP contribution is -2.31. The molecule has 2 heterocycles. The first-order valence-corrected chi connectivity index (χ1v) is 9.96. The molecule has 0 fully saturated rings. The summed E-state index contributed by atoms with van der Waals surface area (Å²) in [4.78, 5) is 28.1. The van der Waals surface area contributed by atoms with E-state index in [2.05, 4.69) is 0 Å². The van der Waals surface area contributed by atoms with Gasteiger partial charge in [-0.25, -0.2) is 0 Å². The molecule has 0 bridgehead atoms. The number of aliphatic hydroxyl groups is 1. The van der Waals surface area contributed by atoms with Crippen molar-refractivity contribution in [2.75, 3.05) is 4.90 Å². The lowest BCUT2D eigenvalue weighted by molar-refractivity contribution is -0.117. The monoisotopic (exact) mass is 409 g/mol. The summed E-state index contributed by atoms with van der Waals surface area (Å²) in [6.07, 6.45) is 0. The van der Waals surface area contributed by atoms with Crippen LogP contribution >= 0.6 is 0 Å². The van der Waals surface area contributed by atoms with Crippen LogP contribution in [0.3, 0.4) is 0 Å². The van der Waals surface area contributed by atoms with Crippen LogP contribution in [0.15, 0.2) is 101 Å². The van der Waals surface area contributed by atoms with Crippen LogP contribution in [0.25, 0.3) is 11.0 Å². The lowest BCUT2D eigenvalue weighted by atomic mass is 9.94. The molecular formula is C26H19NO4. The number of Topliss-reactive ketones (excluding diaryl/α,β-unsaturated/α-hetero) is 1. The molecule has 0 saturated heterocycles. The largest absolute Gasteiger partial charge is 0.503 e. The van der Waals surface area contributed by atoms with Gasteiger partial charge in [-0.2, -0.15) is 0 Å². The van der Waals surface area contributed by atoms with Gasteiger partial charge in [-0.15, -0.1) is 0 Å². The number of aryl methyl sites for hydroxylation is 1. The van der Waals surface area contributed by atoms with Crippen LogP contribution in [0, 0.1) is 6.92 Å². The van der Waals surface area contributed by atoms with Gasteiger partial charge in [0, 0.05) is 11.1 Å². The number of furan rings is 1. The van der Waals surface area contributed by atoms with Gasteiger partial charge in [-0.1, -0.05) is 60.7 Å². The van der Waals surface area contributed by atoms with Gasteiger partial charge in [-0.05, 0) is 42.3 Å². The Morgan fingerprint density at radius 2 is 1.68 bits per heavy atom. The summed E-state index contributed by atoms with van der Waals surface area (Å²) in [7, 11) is 0. The van der Waals surface area contributed by atoms with Gasteiger partial charge in [0.15, 0.2) is 11.5 Å². The van der Waals surface area contributed by atoms with Crippen molar-refractivity contribution in [2.24, 2.45) is 0 Å². The lowest BCUT2D eigenvalue weighted by Gasteiger charge is -2.27. The Bertz CT molecular complexity index is 1320. The number of fused-ring (bicyclic) bond motifs is 1. The average molecular weight is 409 g/mol. The van der Waals surface area contributed by atoms with Crippen molar-refractivity contribution in [1.82, 2.24) is 0 Å². The fourth-order valence-corrected chi connectivity index (χ4v) is 4.06. The maximum Gasteiger partial charge on any atom is 0.294 e. The first-order valence-electron chi connectivity index (χ1n) is 9.96. The minimum atomic E-state index is -0.767. The molecule has 0 saturated carbocycles. The number of benzene rings is 3. The van der Waals surface area contributed by atoms with E-state index in [4.69, 9.17) is 4.42 Å². The molecule has 31 heavy (non-hydrogen) atoms. The highest BCUT2D eigenvalue weighted by Gasteiger charge is 2.45. The van der Waals surface area contributed by atoms with E-state index in [-0.39, 0.29) is 11.3 Å². The molecule has 1 aromatic heterocycles. The molecule has 3 aromatic carbocycles. The second-order valence-electron chi connectivity index (χ2n) is 7.57. The third-order valence-electron chi connectivity index (χ3n) is 5.50. The minimum Gasteiger partial charge on any atom is -0.503 e. The zero-order valence-electron chi connectivity index (χ0n) is 16.8. The first-order chi connectivity index (χ1) is 15.0. The third kappa shape index (κ3) is 3.11. The normalized spacial score (nSPS) is 16.4. The second kappa shape index (κ2) is 7.29. The van der Waals surface area contributed by atoms with Crippen LogP contribution < -0.4 is 4.90 Å².